The lowest BCUT2D eigenvalue weighted by molar-refractivity contribution is -0.525. The van der Waals surface area contributed by atoms with Crippen molar-refractivity contribution in [2.24, 2.45) is 5.73 Å². The Morgan fingerprint density at radius 2 is 1.96 bits per heavy atom. The molecule has 46 heavy (non-hydrogen) atoms. The fourth-order valence-corrected chi connectivity index (χ4v) is 6.07. The molecule has 252 valence electrons. The predicted molar refractivity (Wildman–Crippen MR) is 181 cm³/mol. The number of rotatable bonds is 6. The van der Waals surface area contributed by atoms with Crippen molar-refractivity contribution in [1.29, 1.82) is 0 Å². The van der Waals surface area contributed by atoms with E-state index in [0.29, 0.717) is 49.7 Å². The zero-order valence-corrected chi connectivity index (χ0v) is 28.8. The third-order valence-corrected chi connectivity index (χ3v) is 9.09. The highest BCUT2D eigenvalue weighted by molar-refractivity contribution is 5.98. The van der Waals surface area contributed by atoms with Crippen LogP contribution in [0.3, 0.4) is 0 Å². The molecule has 1 aromatic carbocycles. The molecule has 4 heterocycles. The minimum atomic E-state index is -0.815. The van der Waals surface area contributed by atoms with Crippen molar-refractivity contribution in [3.05, 3.63) is 71.3 Å². The Bertz CT molecular complexity index is 1410. The summed E-state index contributed by atoms with van der Waals surface area (Å²) in [4.78, 5) is 33.7. The van der Waals surface area contributed by atoms with Crippen LogP contribution in [-0.4, -0.2) is 83.1 Å². The topological polar surface area (TPSA) is 156 Å². The SMILES string of the molecule is C=C1NC[C@H]([NH+]=C(N)CC)C2(C)C(O)C(NC(=O)c3cccc4c3OCCC4(C)C)CN12.CC.CNC(=O)Cc1ccc(C)cn1. The smallest absolute Gasteiger partial charge is 0.255 e. The first-order valence-electron chi connectivity index (χ1n) is 16.3. The highest BCUT2D eigenvalue weighted by Gasteiger charge is 2.58. The lowest BCUT2D eigenvalue weighted by Gasteiger charge is -2.46. The summed E-state index contributed by atoms with van der Waals surface area (Å²) < 4.78 is 5.92. The van der Waals surface area contributed by atoms with E-state index in [1.165, 1.54) is 0 Å². The number of ether oxygens (including phenoxy) is 1. The Balaban J connectivity index is 0.000000345. The normalized spacial score (nSPS) is 24.4. The van der Waals surface area contributed by atoms with Gasteiger partial charge in [-0.15, -0.1) is 0 Å². The van der Waals surface area contributed by atoms with Crippen LogP contribution >= 0.6 is 0 Å². The van der Waals surface area contributed by atoms with Crippen LogP contribution in [-0.2, 0) is 16.6 Å². The van der Waals surface area contributed by atoms with Crippen molar-refractivity contribution in [1.82, 2.24) is 25.8 Å². The van der Waals surface area contributed by atoms with Gasteiger partial charge in [-0.05, 0) is 43.4 Å². The fraction of sp³-hybridized carbons (Fsp3) is 0.543. The number of likely N-dealkylation sites (N-methyl/N-ethyl adjacent to an activating group) is 1. The summed E-state index contributed by atoms with van der Waals surface area (Å²) in [6.07, 6.45) is 2.90. The lowest BCUT2D eigenvalue weighted by atomic mass is 9.79. The Labute approximate surface area is 274 Å². The van der Waals surface area contributed by atoms with Crippen LogP contribution in [0.1, 0.15) is 81.6 Å². The molecule has 0 radical (unpaired) electrons. The highest BCUT2D eigenvalue weighted by atomic mass is 16.5. The van der Waals surface area contributed by atoms with Crippen LogP contribution in [0.5, 0.6) is 5.75 Å². The van der Waals surface area contributed by atoms with Crippen molar-refractivity contribution in [2.75, 3.05) is 26.7 Å². The average molecular weight is 637 g/mol. The van der Waals surface area contributed by atoms with E-state index >= 15 is 0 Å². The number of nitrogens with zero attached hydrogens (tertiary/aromatic N) is 2. The Morgan fingerprint density at radius 3 is 2.59 bits per heavy atom. The molecule has 2 aromatic rings. The van der Waals surface area contributed by atoms with Gasteiger partial charge in [0.05, 0.1) is 37.0 Å². The van der Waals surface area contributed by atoms with Gasteiger partial charge >= 0.3 is 0 Å². The molecule has 0 aliphatic carbocycles. The van der Waals surface area contributed by atoms with Gasteiger partial charge in [0, 0.05) is 37.5 Å². The summed E-state index contributed by atoms with van der Waals surface area (Å²) in [5, 5.41) is 20.3. The van der Waals surface area contributed by atoms with E-state index in [2.05, 4.69) is 46.4 Å². The summed E-state index contributed by atoms with van der Waals surface area (Å²) in [6.45, 7) is 20.0. The first-order chi connectivity index (χ1) is 21.8. The van der Waals surface area contributed by atoms with Crippen LogP contribution < -0.4 is 31.4 Å². The molecule has 2 saturated heterocycles. The number of aliphatic hydroxyl groups excluding tert-OH is 1. The van der Waals surface area contributed by atoms with Gasteiger partial charge in [-0.2, -0.15) is 0 Å². The number of aliphatic hydroxyl groups is 1. The molecular formula is C35H54N7O4+. The van der Waals surface area contributed by atoms with Crippen LogP contribution in [0.25, 0.3) is 0 Å². The summed E-state index contributed by atoms with van der Waals surface area (Å²) in [7, 11) is 1.62. The van der Waals surface area contributed by atoms with Gasteiger partial charge in [-0.25, -0.2) is 0 Å². The van der Waals surface area contributed by atoms with Crippen LogP contribution in [0.2, 0.25) is 0 Å². The maximum absolute atomic E-state index is 13.3. The van der Waals surface area contributed by atoms with E-state index in [1.807, 2.05) is 63.8 Å². The summed E-state index contributed by atoms with van der Waals surface area (Å²) in [5.74, 6) is 1.80. The minimum Gasteiger partial charge on any atom is -0.492 e. The first kappa shape index (κ1) is 36.3. The van der Waals surface area contributed by atoms with E-state index in [-0.39, 0.29) is 23.3 Å². The van der Waals surface area contributed by atoms with Gasteiger partial charge in [0.1, 0.15) is 23.4 Å². The number of nitrogens with two attached hydrogens (primary N) is 1. The number of hydrogen-bond donors (Lipinski definition) is 6. The molecule has 5 rings (SSSR count). The molecule has 2 amide bonds. The Kier molecular flexibility index (Phi) is 12.2. The van der Waals surface area contributed by atoms with Gasteiger partial charge in [0.2, 0.25) is 11.7 Å². The number of benzene rings is 1. The molecule has 0 saturated carbocycles. The summed E-state index contributed by atoms with van der Waals surface area (Å²) in [5.41, 5.74) is 8.81. The third-order valence-electron chi connectivity index (χ3n) is 9.09. The summed E-state index contributed by atoms with van der Waals surface area (Å²) >= 11 is 0. The first-order valence-corrected chi connectivity index (χ1v) is 16.3. The average Bonchev–Trinajstić information content (AvgIpc) is 3.31. The van der Waals surface area contributed by atoms with E-state index < -0.39 is 17.7 Å². The Hall–Kier alpha value is -4.12. The number of pyridine rings is 1. The van der Waals surface area contributed by atoms with Crippen molar-refractivity contribution < 1.29 is 24.4 Å². The molecule has 3 aliphatic rings. The number of amides is 2. The second kappa shape index (κ2) is 15.4. The van der Waals surface area contributed by atoms with Crippen molar-refractivity contribution in [3.63, 3.8) is 0 Å². The van der Waals surface area contributed by atoms with Crippen LogP contribution in [0, 0.1) is 6.92 Å². The highest BCUT2D eigenvalue weighted by Crippen LogP contribution is 2.41. The molecule has 3 aliphatic heterocycles. The second-order valence-corrected chi connectivity index (χ2v) is 12.6. The number of amidine groups is 1. The number of hydrogen-bond acceptors (Lipinski definition) is 7. The molecule has 7 N–H and O–H groups in total. The largest absolute Gasteiger partial charge is 0.492 e. The van der Waals surface area contributed by atoms with Crippen LogP contribution in [0.4, 0.5) is 0 Å². The number of carbonyl (C=O) groups is 2. The van der Waals surface area contributed by atoms with Crippen molar-refractivity contribution in [2.45, 2.75) is 96.9 Å². The molecule has 4 atom stereocenters. The van der Waals surface area contributed by atoms with Crippen molar-refractivity contribution >= 4 is 17.6 Å². The molecule has 3 unspecified atom stereocenters. The zero-order chi connectivity index (χ0) is 34.2. The summed E-state index contributed by atoms with van der Waals surface area (Å²) in [6, 6.07) is 8.91. The van der Waals surface area contributed by atoms with E-state index in [0.717, 1.165) is 29.1 Å². The fourth-order valence-electron chi connectivity index (χ4n) is 6.07. The van der Waals surface area contributed by atoms with Gasteiger partial charge in [0.25, 0.3) is 5.91 Å². The van der Waals surface area contributed by atoms with Gasteiger partial charge < -0.3 is 30.7 Å². The van der Waals surface area contributed by atoms with Crippen LogP contribution in [0.15, 0.2) is 48.9 Å². The molecule has 11 nitrogen and oxygen atoms in total. The number of fused-ring (bicyclic) bond motifs is 2. The minimum absolute atomic E-state index is 0.00801. The third kappa shape index (κ3) is 7.81. The molecule has 0 spiro atoms. The van der Waals surface area contributed by atoms with Gasteiger partial charge in [-0.3, -0.25) is 25.3 Å². The molecule has 0 bridgehead atoms. The number of nitrogens with one attached hydrogen (secondary N) is 4. The number of aryl methyl sites for hydroxylation is 1. The van der Waals surface area contributed by atoms with E-state index in [4.69, 9.17) is 10.5 Å². The lowest BCUT2D eigenvalue weighted by Crippen LogP contribution is -2.92. The maximum atomic E-state index is 13.3. The Morgan fingerprint density at radius 1 is 1.24 bits per heavy atom. The molecule has 11 heteroatoms. The maximum Gasteiger partial charge on any atom is 0.255 e. The van der Waals surface area contributed by atoms with Gasteiger partial charge in [0.15, 0.2) is 0 Å². The zero-order valence-electron chi connectivity index (χ0n) is 28.8. The molecule has 1 aromatic heterocycles. The standard InChI is InChI=1S/C24H35N5O3.C9H12N2O.C2H6/c1-6-19(25)28-18-12-26-14(2)29-13-17(21(30)24(18,29)5)27-22(31)15-8-7-9-16-20(15)32-11-10-23(16,3)4;1-7-3-4-8(11-6-7)5-9(12)10-2;1-2/h7-9,17-18,21,26,30H,2,6,10-13H2,1,3-5H3,(H2,25,28)(H,27,31);3-4,6H,5H2,1-2H3,(H,10,12);1-2H3/p+1/t17?,18-,21?,24?;;/m0../s1. The van der Waals surface area contributed by atoms with E-state index in [9.17, 15) is 14.7 Å². The predicted octanol–water partition coefficient (Wildman–Crippen LogP) is 1.28. The monoisotopic (exact) mass is 636 g/mol. The number of para-hydroxylation sites is 1. The molecular weight excluding hydrogens is 582 g/mol. The number of carbonyl (C=O) groups excluding carboxylic acids is 2. The van der Waals surface area contributed by atoms with E-state index in [1.54, 1.807) is 19.3 Å². The second-order valence-electron chi connectivity index (χ2n) is 12.6. The molecule has 2 fully saturated rings. The number of aromatic nitrogens is 1. The quantitative estimate of drug-likeness (QED) is 0.205. The van der Waals surface area contributed by atoms with Crippen molar-refractivity contribution in [3.8, 4) is 5.75 Å². The van der Waals surface area contributed by atoms with Gasteiger partial charge in [-0.1, -0.05) is 59.4 Å².